The number of urea groups is 1. The fourth-order valence-electron chi connectivity index (χ4n) is 1.71. The van der Waals surface area contributed by atoms with Crippen LogP contribution in [0.5, 0.6) is 0 Å². The van der Waals surface area contributed by atoms with Gasteiger partial charge in [-0.2, -0.15) is 0 Å². The number of nitrogens with zero attached hydrogens (tertiary/aromatic N) is 2. The number of carboxylic acid groups (broad SMARTS) is 1. The highest BCUT2D eigenvalue weighted by Gasteiger charge is 2.17. The highest BCUT2D eigenvalue weighted by Crippen LogP contribution is 2.17. The van der Waals surface area contributed by atoms with Gasteiger partial charge in [0.05, 0.1) is 6.42 Å². The van der Waals surface area contributed by atoms with Crippen LogP contribution >= 0.6 is 0 Å². The molecule has 0 spiro atoms. The number of aryl methyl sites for hydroxylation is 1. The van der Waals surface area contributed by atoms with Crippen LogP contribution in [-0.2, 0) is 16.6 Å². The summed E-state index contributed by atoms with van der Waals surface area (Å²) in [7, 11) is 0. The number of carbonyl (C=O) groups is 2. The van der Waals surface area contributed by atoms with Crippen LogP contribution in [0, 0.1) is 0 Å². The monoisotopic (exact) mass is 308 g/mol. The number of carbonyl (C=O) groups excluding carboxylic acids is 1. The first kappa shape index (κ1) is 17.9. The Bertz CT molecular complexity index is 512. The van der Waals surface area contributed by atoms with Crippen LogP contribution in [0.2, 0.25) is 0 Å². The molecule has 2 amide bonds. The number of amides is 2. The summed E-state index contributed by atoms with van der Waals surface area (Å²) in [5, 5.41) is 13.6. The zero-order valence-corrected chi connectivity index (χ0v) is 13.3. The maximum atomic E-state index is 11.4. The van der Waals surface area contributed by atoms with Crippen molar-refractivity contribution in [3.63, 3.8) is 0 Å². The highest BCUT2D eigenvalue weighted by atomic mass is 16.4. The van der Waals surface area contributed by atoms with Gasteiger partial charge in [-0.3, -0.25) is 4.79 Å². The van der Waals surface area contributed by atoms with E-state index in [1.165, 1.54) is 0 Å². The third-order valence-electron chi connectivity index (χ3n) is 2.90. The summed E-state index contributed by atoms with van der Waals surface area (Å²) in [6.07, 6.45) is 3.19. The Morgan fingerprint density at radius 1 is 1.23 bits per heavy atom. The topological polar surface area (TPSA) is 104 Å². The Morgan fingerprint density at radius 2 is 1.91 bits per heavy atom. The number of carboxylic acids is 1. The molecule has 0 radical (unpaired) electrons. The molecule has 3 N–H and O–H groups in total. The van der Waals surface area contributed by atoms with E-state index >= 15 is 0 Å². The lowest BCUT2D eigenvalue weighted by atomic mass is 9.95. The molecule has 1 aromatic heterocycles. The number of hydrogen-bond acceptors (Lipinski definition) is 4. The second-order valence-corrected chi connectivity index (χ2v) is 6.05. The molecular formula is C15H24N4O3. The minimum absolute atomic E-state index is 0.0794. The summed E-state index contributed by atoms with van der Waals surface area (Å²) in [6.45, 7) is 6.83. The van der Waals surface area contributed by atoms with Gasteiger partial charge in [-0.05, 0) is 18.9 Å². The lowest BCUT2D eigenvalue weighted by Crippen LogP contribution is -2.37. The molecule has 0 bridgehead atoms. The minimum atomic E-state index is -0.932. The van der Waals surface area contributed by atoms with Crippen LogP contribution in [0.4, 0.5) is 4.79 Å². The van der Waals surface area contributed by atoms with E-state index in [4.69, 9.17) is 5.11 Å². The molecule has 7 heteroatoms. The second kappa shape index (κ2) is 8.31. The van der Waals surface area contributed by atoms with E-state index in [1.807, 2.05) is 6.07 Å². The van der Waals surface area contributed by atoms with Gasteiger partial charge in [0.15, 0.2) is 0 Å². The van der Waals surface area contributed by atoms with Crippen molar-refractivity contribution in [1.82, 2.24) is 20.6 Å². The number of aliphatic carboxylic acids is 1. The molecule has 122 valence electrons. The second-order valence-electron chi connectivity index (χ2n) is 6.05. The van der Waals surface area contributed by atoms with Crippen molar-refractivity contribution in [2.45, 2.75) is 45.4 Å². The summed E-state index contributed by atoms with van der Waals surface area (Å²) >= 11 is 0. The van der Waals surface area contributed by atoms with Gasteiger partial charge >= 0.3 is 12.0 Å². The van der Waals surface area contributed by atoms with Crippen molar-refractivity contribution in [3.05, 3.63) is 23.8 Å². The van der Waals surface area contributed by atoms with Crippen molar-refractivity contribution in [3.8, 4) is 0 Å². The predicted molar refractivity (Wildman–Crippen MR) is 82.7 cm³/mol. The van der Waals surface area contributed by atoms with E-state index in [0.717, 1.165) is 24.4 Å². The van der Waals surface area contributed by atoms with Crippen LogP contribution in [0.3, 0.4) is 0 Å². The molecule has 0 aromatic carbocycles. The molecule has 1 aromatic rings. The first-order valence-corrected chi connectivity index (χ1v) is 7.35. The highest BCUT2D eigenvalue weighted by molar-refractivity contribution is 5.74. The molecule has 0 aliphatic carbocycles. The van der Waals surface area contributed by atoms with Gasteiger partial charge in [0, 0.05) is 30.4 Å². The number of rotatable bonds is 7. The standard InChI is InChI=1S/C15H24N4O3/c1-15(2,3)13-16-9-6-11(19-13)5-4-8-17-14(22)18-10-7-12(20)21/h6,9H,4-5,7-8,10H2,1-3H3,(H,20,21)(H2,17,18,22). The van der Waals surface area contributed by atoms with Crippen LogP contribution < -0.4 is 10.6 Å². The number of nitrogens with one attached hydrogen (secondary N) is 2. The summed E-state index contributed by atoms with van der Waals surface area (Å²) in [4.78, 5) is 30.5. The van der Waals surface area contributed by atoms with E-state index in [0.29, 0.717) is 6.54 Å². The molecule has 0 unspecified atom stereocenters. The summed E-state index contributed by atoms with van der Waals surface area (Å²) in [5.41, 5.74) is 0.867. The zero-order valence-electron chi connectivity index (χ0n) is 13.3. The maximum Gasteiger partial charge on any atom is 0.314 e. The fourth-order valence-corrected chi connectivity index (χ4v) is 1.71. The average Bonchev–Trinajstić information content (AvgIpc) is 2.42. The Kier molecular flexibility index (Phi) is 6.75. The first-order valence-electron chi connectivity index (χ1n) is 7.35. The molecule has 7 nitrogen and oxygen atoms in total. The molecule has 0 atom stereocenters. The van der Waals surface area contributed by atoms with Crippen molar-refractivity contribution >= 4 is 12.0 Å². The lowest BCUT2D eigenvalue weighted by Gasteiger charge is -2.16. The smallest absolute Gasteiger partial charge is 0.314 e. The van der Waals surface area contributed by atoms with Gasteiger partial charge in [-0.15, -0.1) is 0 Å². The van der Waals surface area contributed by atoms with E-state index in [9.17, 15) is 9.59 Å². The molecule has 0 saturated carbocycles. The summed E-state index contributed by atoms with van der Waals surface area (Å²) < 4.78 is 0. The molecule has 0 aliphatic heterocycles. The van der Waals surface area contributed by atoms with Gasteiger partial charge in [-0.1, -0.05) is 20.8 Å². The Balaban J connectivity index is 2.27. The predicted octanol–water partition coefficient (Wildman–Crippen LogP) is 1.48. The first-order chi connectivity index (χ1) is 10.3. The Labute approximate surface area is 130 Å². The van der Waals surface area contributed by atoms with Gasteiger partial charge < -0.3 is 15.7 Å². The van der Waals surface area contributed by atoms with E-state index in [1.54, 1.807) is 6.20 Å². The van der Waals surface area contributed by atoms with E-state index in [-0.39, 0.29) is 24.4 Å². The zero-order chi connectivity index (χ0) is 16.6. The molecule has 0 aliphatic rings. The van der Waals surface area contributed by atoms with Crippen LogP contribution in [0.1, 0.15) is 45.1 Å². The van der Waals surface area contributed by atoms with Crippen LogP contribution in [-0.4, -0.2) is 40.2 Å². The third kappa shape index (κ3) is 7.01. The van der Waals surface area contributed by atoms with Gasteiger partial charge in [0.2, 0.25) is 0 Å². The SMILES string of the molecule is CC(C)(C)c1nccc(CCCNC(=O)NCCC(=O)O)n1. The molecule has 1 heterocycles. The molecule has 22 heavy (non-hydrogen) atoms. The minimum Gasteiger partial charge on any atom is -0.481 e. The maximum absolute atomic E-state index is 11.4. The summed E-state index contributed by atoms with van der Waals surface area (Å²) in [6, 6.07) is 1.53. The average molecular weight is 308 g/mol. The third-order valence-corrected chi connectivity index (χ3v) is 2.90. The Hall–Kier alpha value is -2.18. The Morgan fingerprint density at radius 3 is 2.55 bits per heavy atom. The van der Waals surface area contributed by atoms with Crippen LogP contribution in [0.25, 0.3) is 0 Å². The largest absolute Gasteiger partial charge is 0.481 e. The van der Waals surface area contributed by atoms with E-state index < -0.39 is 5.97 Å². The van der Waals surface area contributed by atoms with Crippen LogP contribution in [0.15, 0.2) is 12.3 Å². The van der Waals surface area contributed by atoms with E-state index in [2.05, 4.69) is 41.4 Å². The van der Waals surface area contributed by atoms with Crippen molar-refractivity contribution < 1.29 is 14.7 Å². The molecule has 1 rings (SSSR count). The molecular weight excluding hydrogens is 284 g/mol. The van der Waals surface area contributed by atoms with Crippen molar-refractivity contribution in [1.29, 1.82) is 0 Å². The van der Waals surface area contributed by atoms with Crippen molar-refractivity contribution in [2.24, 2.45) is 0 Å². The summed E-state index contributed by atoms with van der Waals surface area (Å²) in [5.74, 6) is -0.122. The normalized spacial score (nSPS) is 11.0. The van der Waals surface area contributed by atoms with Gasteiger partial charge in [-0.25, -0.2) is 14.8 Å². The van der Waals surface area contributed by atoms with Gasteiger partial charge in [0.25, 0.3) is 0 Å². The molecule has 0 saturated heterocycles. The fraction of sp³-hybridized carbons (Fsp3) is 0.600. The number of hydrogen-bond donors (Lipinski definition) is 3. The lowest BCUT2D eigenvalue weighted by molar-refractivity contribution is -0.136. The quantitative estimate of drug-likeness (QED) is 0.662. The number of aromatic nitrogens is 2. The molecule has 0 fully saturated rings. The van der Waals surface area contributed by atoms with Gasteiger partial charge in [0.1, 0.15) is 5.82 Å². The van der Waals surface area contributed by atoms with Crippen molar-refractivity contribution in [2.75, 3.05) is 13.1 Å².